The number of nitrogens with zero attached hydrogens (tertiary/aromatic N) is 6. The molecule has 2 N–H and O–H groups in total. The van der Waals surface area contributed by atoms with Gasteiger partial charge in [-0.2, -0.15) is 0 Å². The molecule has 14 heteroatoms. The molecule has 0 bridgehead atoms. The minimum Gasteiger partial charge on any atom is -0.368 e. The fraction of sp³-hybridized carbons (Fsp3) is 0.261. The number of hydrazine groups is 1. The van der Waals surface area contributed by atoms with Gasteiger partial charge in [0.05, 0.1) is 9.85 Å². The lowest BCUT2D eigenvalue weighted by atomic mass is 10.1. The second-order valence-corrected chi connectivity index (χ2v) is 8.75. The number of piperazine rings is 1. The summed E-state index contributed by atoms with van der Waals surface area (Å²) in [4.78, 5) is 46.4. The Morgan fingerprint density at radius 1 is 1.00 bits per heavy atom. The van der Waals surface area contributed by atoms with Crippen LogP contribution in [0.15, 0.2) is 42.7 Å². The molecule has 192 valence electrons. The summed E-state index contributed by atoms with van der Waals surface area (Å²) >= 11 is 5.79. The van der Waals surface area contributed by atoms with Crippen LogP contribution < -0.4 is 20.7 Å². The van der Waals surface area contributed by atoms with Crippen LogP contribution in [0.2, 0.25) is 5.02 Å². The Morgan fingerprint density at radius 2 is 1.70 bits per heavy atom. The molecule has 1 aromatic heterocycles. The predicted octanol–water partition coefficient (Wildman–Crippen LogP) is 3.65. The Bertz CT molecular complexity index is 1380. The average Bonchev–Trinajstić information content (AvgIpc) is 2.88. The normalized spacial score (nSPS) is 13.3. The molecule has 1 aliphatic rings. The fourth-order valence-electron chi connectivity index (χ4n) is 4.08. The van der Waals surface area contributed by atoms with Crippen LogP contribution in [0.1, 0.15) is 21.5 Å². The van der Waals surface area contributed by atoms with E-state index in [-0.39, 0.29) is 22.2 Å². The summed E-state index contributed by atoms with van der Waals surface area (Å²) < 4.78 is 0. The van der Waals surface area contributed by atoms with Crippen LogP contribution in [-0.2, 0) is 0 Å². The van der Waals surface area contributed by atoms with Crippen molar-refractivity contribution in [3.8, 4) is 0 Å². The lowest BCUT2D eigenvalue weighted by Crippen LogP contribution is -2.47. The third-order valence-corrected chi connectivity index (χ3v) is 6.50. The highest BCUT2D eigenvalue weighted by molar-refractivity contribution is 6.32. The van der Waals surface area contributed by atoms with E-state index in [1.165, 1.54) is 29.6 Å². The first-order chi connectivity index (χ1) is 17.7. The zero-order chi connectivity index (χ0) is 26.7. The number of rotatable bonds is 7. The second-order valence-electron chi connectivity index (χ2n) is 8.35. The van der Waals surface area contributed by atoms with Gasteiger partial charge in [0.2, 0.25) is 11.6 Å². The molecule has 3 aromatic rings. The summed E-state index contributed by atoms with van der Waals surface area (Å²) in [6.45, 7) is 6.39. The summed E-state index contributed by atoms with van der Waals surface area (Å²) in [5.74, 6) is -0.861. The van der Waals surface area contributed by atoms with E-state index in [2.05, 4.69) is 51.7 Å². The third kappa shape index (κ3) is 5.35. The van der Waals surface area contributed by atoms with Gasteiger partial charge in [-0.1, -0.05) is 23.7 Å². The molecule has 1 fully saturated rings. The maximum absolute atomic E-state index is 12.5. The van der Waals surface area contributed by atoms with Crippen LogP contribution in [0.5, 0.6) is 0 Å². The summed E-state index contributed by atoms with van der Waals surface area (Å²) in [6.07, 6.45) is 1.17. The number of halogens is 1. The number of nitro groups is 2. The molecule has 0 radical (unpaired) electrons. The molecule has 0 unspecified atom stereocenters. The number of aryl methyl sites for hydroxylation is 1. The Labute approximate surface area is 216 Å². The van der Waals surface area contributed by atoms with Gasteiger partial charge < -0.3 is 9.80 Å². The number of carbonyl (C=O) groups excluding carboxylic acids is 1. The van der Waals surface area contributed by atoms with E-state index < -0.39 is 27.1 Å². The molecule has 37 heavy (non-hydrogen) atoms. The van der Waals surface area contributed by atoms with Gasteiger partial charge in [-0.25, -0.2) is 9.97 Å². The minimum absolute atomic E-state index is 0.0666. The van der Waals surface area contributed by atoms with Crippen LogP contribution in [-0.4, -0.2) is 51.9 Å². The molecule has 1 amide bonds. The number of nitro benzene ring substituents is 1. The Hall–Kier alpha value is -4.52. The topological polar surface area (TPSA) is 160 Å². The van der Waals surface area contributed by atoms with Gasteiger partial charge in [-0.3, -0.25) is 35.9 Å². The largest absolute Gasteiger partial charge is 0.368 e. The molecular weight excluding hydrogens is 504 g/mol. The van der Waals surface area contributed by atoms with Gasteiger partial charge in [0.25, 0.3) is 11.6 Å². The van der Waals surface area contributed by atoms with Crippen molar-refractivity contribution in [2.75, 3.05) is 41.4 Å². The molecule has 13 nitrogen and oxygen atoms in total. The van der Waals surface area contributed by atoms with Crippen LogP contribution in [0, 0.1) is 34.1 Å². The van der Waals surface area contributed by atoms with Gasteiger partial charge in [0, 0.05) is 43.5 Å². The van der Waals surface area contributed by atoms with Crippen molar-refractivity contribution in [3.05, 3.63) is 84.7 Å². The molecule has 1 saturated heterocycles. The first-order valence-corrected chi connectivity index (χ1v) is 11.6. The summed E-state index contributed by atoms with van der Waals surface area (Å²) in [7, 11) is 0. The smallest absolute Gasteiger partial charge is 0.355 e. The van der Waals surface area contributed by atoms with Crippen LogP contribution in [0.4, 0.5) is 28.7 Å². The highest BCUT2D eigenvalue weighted by Gasteiger charge is 2.30. The van der Waals surface area contributed by atoms with E-state index in [0.717, 1.165) is 11.8 Å². The van der Waals surface area contributed by atoms with E-state index in [4.69, 9.17) is 11.6 Å². The highest BCUT2D eigenvalue weighted by atomic mass is 35.5. The van der Waals surface area contributed by atoms with Crippen molar-refractivity contribution in [2.24, 2.45) is 0 Å². The van der Waals surface area contributed by atoms with Crippen LogP contribution in [0.3, 0.4) is 0 Å². The van der Waals surface area contributed by atoms with Gasteiger partial charge in [0.1, 0.15) is 11.3 Å². The number of amides is 1. The highest BCUT2D eigenvalue weighted by Crippen LogP contribution is 2.33. The van der Waals surface area contributed by atoms with Gasteiger partial charge in [0.15, 0.2) is 0 Å². The third-order valence-electron chi connectivity index (χ3n) is 6.18. The molecule has 1 aliphatic heterocycles. The maximum atomic E-state index is 12.5. The molecule has 0 saturated carbocycles. The van der Waals surface area contributed by atoms with E-state index in [0.29, 0.717) is 26.2 Å². The molecule has 0 spiro atoms. The number of hydrogen-bond donors (Lipinski definition) is 2. The molecule has 2 aromatic carbocycles. The Balaban J connectivity index is 1.50. The molecule has 0 aliphatic carbocycles. The number of aromatic nitrogens is 2. The van der Waals surface area contributed by atoms with Crippen molar-refractivity contribution in [1.82, 2.24) is 15.4 Å². The SMILES string of the molecule is Cc1cccc(N2CCN(c3ncnc(NNC(=O)c4ccc(Cl)c([N+](=O)[O-])c4)c3[N+](=O)[O-])CC2)c1C. The van der Waals surface area contributed by atoms with Crippen molar-refractivity contribution in [3.63, 3.8) is 0 Å². The van der Waals surface area contributed by atoms with Crippen LogP contribution >= 0.6 is 11.6 Å². The van der Waals surface area contributed by atoms with Crippen molar-refractivity contribution < 1.29 is 14.6 Å². The van der Waals surface area contributed by atoms with Gasteiger partial charge in [-0.15, -0.1) is 0 Å². The van der Waals surface area contributed by atoms with Crippen molar-refractivity contribution >= 4 is 46.2 Å². The monoisotopic (exact) mass is 526 g/mol. The number of carbonyl (C=O) groups is 1. The molecule has 4 rings (SSSR count). The first kappa shape index (κ1) is 25.6. The quantitative estimate of drug-likeness (QED) is 0.343. The van der Waals surface area contributed by atoms with E-state index in [9.17, 15) is 25.0 Å². The van der Waals surface area contributed by atoms with Crippen LogP contribution in [0.25, 0.3) is 0 Å². The molecule has 0 atom stereocenters. The first-order valence-electron chi connectivity index (χ1n) is 11.2. The number of nitrogens with one attached hydrogen (secondary N) is 2. The summed E-state index contributed by atoms with van der Waals surface area (Å²) in [5, 5.41) is 22.9. The molecular formula is C23H23ClN8O5. The fourth-order valence-corrected chi connectivity index (χ4v) is 4.27. The zero-order valence-corrected chi connectivity index (χ0v) is 20.7. The standard InChI is InChI=1S/C23H23ClN8O5/c1-14-4-3-5-18(15(14)2)29-8-10-30(11-9-29)22-20(32(36)37)21(25-13-26-22)27-28-23(33)16-6-7-17(24)19(12-16)31(34)35/h3-7,12-13H,8-11H2,1-2H3,(H,28,33)(H,25,26,27). The zero-order valence-electron chi connectivity index (χ0n) is 20.0. The van der Waals surface area contributed by atoms with Gasteiger partial charge >= 0.3 is 5.69 Å². The Morgan fingerprint density at radius 3 is 2.38 bits per heavy atom. The lowest BCUT2D eigenvalue weighted by Gasteiger charge is -2.37. The minimum atomic E-state index is -0.767. The average molecular weight is 527 g/mol. The van der Waals surface area contributed by atoms with Crippen molar-refractivity contribution in [2.45, 2.75) is 13.8 Å². The molecule has 2 heterocycles. The summed E-state index contributed by atoms with van der Waals surface area (Å²) in [6, 6.07) is 9.65. The van der Waals surface area contributed by atoms with E-state index >= 15 is 0 Å². The number of benzene rings is 2. The number of anilines is 3. The second kappa shape index (κ2) is 10.6. The summed E-state index contributed by atoms with van der Waals surface area (Å²) in [5.41, 5.74) is 7.35. The Kier molecular flexibility index (Phi) is 7.34. The predicted molar refractivity (Wildman–Crippen MR) is 138 cm³/mol. The number of hydrogen-bond acceptors (Lipinski definition) is 10. The van der Waals surface area contributed by atoms with Gasteiger partial charge in [-0.05, 0) is 43.2 Å². The maximum Gasteiger partial charge on any atom is 0.355 e. The lowest BCUT2D eigenvalue weighted by molar-refractivity contribution is -0.384. The van der Waals surface area contributed by atoms with E-state index in [1.54, 1.807) is 4.90 Å². The van der Waals surface area contributed by atoms with E-state index in [1.807, 2.05) is 6.07 Å². The van der Waals surface area contributed by atoms with Crippen molar-refractivity contribution in [1.29, 1.82) is 0 Å².